The molecule has 1 aromatic heterocycles. The average molecular weight is 289 g/mol. The number of halogens is 1. The van der Waals surface area contributed by atoms with E-state index >= 15 is 0 Å². The van der Waals surface area contributed by atoms with Gasteiger partial charge in [0.05, 0.1) is 31.6 Å². The van der Waals surface area contributed by atoms with Crippen LogP contribution in [0, 0.1) is 5.82 Å². The molecule has 0 radical (unpaired) electrons. The topological polar surface area (TPSA) is 58.5 Å². The first-order valence-electron chi connectivity index (χ1n) is 6.73. The Labute approximate surface area is 122 Å². The third-order valence-electron chi connectivity index (χ3n) is 3.62. The Bertz CT molecular complexity index is 621. The minimum atomic E-state index is -0.476. The zero-order valence-electron chi connectivity index (χ0n) is 11.6. The van der Waals surface area contributed by atoms with Crippen LogP contribution in [-0.4, -0.2) is 34.8 Å². The highest BCUT2D eigenvalue weighted by atomic mass is 19.1. The molecule has 6 heteroatoms. The summed E-state index contributed by atoms with van der Waals surface area (Å²) in [6.07, 6.45) is 2.38. The molecule has 2 aromatic rings. The van der Waals surface area contributed by atoms with E-state index in [1.165, 1.54) is 0 Å². The van der Waals surface area contributed by atoms with Gasteiger partial charge in [0.25, 0.3) is 0 Å². The van der Waals surface area contributed by atoms with Crippen molar-refractivity contribution in [1.29, 1.82) is 0 Å². The average Bonchev–Trinajstić information content (AvgIpc) is 2.90. The molecule has 0 aliphatic carbocycles. The van der Waals surface area contributed by atoms with E-state index < -0.39 is 11.9 Å². The van der Waals surface area contributed by atoms with Crippen LogP contribution in [0.4, 0.5) is 10.3 Å². The quantitative estimate of drug-likeness (QED) is 0.935. The van der Waals surface area contributed by atoms with Crippen LogP contribution in [0.1, 0.15) is 18.0 Å². The fraction of sp³-hybridized carbons (Fsp3) is 0.333. The lowest BCUT2D eigenvalue weighted by atomic mass is 10.0. The zero-order chi connectivity index (χ0) is 14.8. The zero-order valence-corrected chi connectivity index (χ0v) is 11.6. The van der Waals surface area contributed by atoms with Crippen molar-refractivity contribution < 1.29 is 14.2 Å². The first kappa shape index (κ1) is 13.8. The fourth-order valence-corrected chi connectivity index (χ4v) is 2.65. The number of hydrogen-bond donors (Lipinski definition) is 1. The summed E-state index contributed by atoms with van der Waals surface area (Å²) in [5.41, 5.74) is 1.01. The first-order chi connectivity index (χ1) is 10.2. The van der Waals surface area contributed by atoms with Gasteiger partial charge >= 0.3 is 0 Å². The summed E-state index contributed by atoms with van der Waals surface area (Å²) in [6, 6.07) is 7.62. The van der Waals surface area contributed by atoms with Crippen molar-refractivity contribution in [2.24, 2.45) is 0 Å². The number of aliphatic hydroxyl groups is 1. The van der Waals surface area contributed by atoms with E-state index in [2.05, 4.69) is 9.97 Å². The van der Waals surface area contributed by atoms with Gasteiger partial charge in [0.2, 0.25) is 5.95 Å². The number of benzene rings is 1. The number of rotatable bonds is 3. The molecule has 3 rings (SSSR count). The number of β-amino-alcohol motifs (C(OH)–C–C–N with tert-alkyl or cyclic N) is 1. The van der Waals surface area contributed by atoms with Gasteiger partial charge in [-0.15, -0.1) is 0 Å². The van der Waals surface area contributed by atoms with E-state index in [0.29, 0.717) is 18.9 Å². The van der Waals surface area contributed by atoms with E-state index in [4.69, 9.17) is 4.74 Å². The minimum Gasteiger partial charge on any atom is -0.497 e. The second-order valence-corrected chi connectivity index (χ2v) is 5.04. The molecule has 0 amide bonds. The van der Waals surface area contributed by atoms with Gasteiger partial charge in [-0.1, -0.05) is 12.1 Å². The van der Waals surface area contributed by atoms with Crippen molar-refractivity contribution in [2.75, 3.05) is 18.6 Å². The molecular formula is C15H16FN3O2. The van der Waals surface area contributed by atoms with E-state index in [-0.39, 0.29) is 6.04 Å². The monoisotopic (exact) mass is 289 g/mol. The molecule has 1 aliphatic heterocycles. The van der Waals surface area contributed by atoms with Crippen LogP contribution in [0.15, 0.2) is 36.7 Å². The second-order valence-electron chi connectivity index (χ2n) is 5.04. The molecule has 2 heterocycles. The van der Waals surface area contributed by atoms with Gasteiger partial charge in [-0.05, 0) is 24.1 Å². The van der Waals surface area contributed by atoms with Crippen LogP contribution in [0.5, 0.6) is 5.75 Å². The number of ether oxygens (including phenoxy) is 1. The maximum atomic E-state index is 13.0. The van der Waals surface area contributed by atoms with Gasteiger partial charge in [0.15, 0.2) is 5.82 Å². The Balaban J connectivity index is 1.93. The molecule has 5 nitrogen and oxygen atoms in total. The highest BCUT2D eigenvalue weighted by molar-refractivity contribution is 5.41. The van der Waals surface area contributed by atoms with Crippen LogP contribution >= 0.6 is 0 Å². The lowest BCUT2D eigenvalue weighted by Gasteiger charge is -2.24. The summed E-state index contributed by atoms with van der Waals surface area (Å²) in [6.45, 7) is 0.424. The van der Waals surface area contributed by atoms with Crippen molar-refractivity contribution in [3.8, 4) is 5.75 Å². The van der Waals surface area contributed by atoms with Crippen LogP contribution in [0.3, 0.4) is 0 Å². The van der Waals surface area contributed by atoms with Gasteiger partial charge in [0, 0.05) is 6.54 Å². The van der Waals surface area contributed by atoms with E-state index in [1.807, 2.05) is 29.2 Å². The molecule has 0 unspecified atom stereocenters. The maximum Gasteiger partial charge on any atom is 0.226 e. The summed E-state index contributed by atoms with van der Waals surface area (Å²) in [5, 5.41) is 9.97. The lowest BCUT2D eigenvalue weighted by molar-refractivity contribution is 0.194. The van der Waals surface area contributed by atoms with Crippen molar-refractivity contribution in [3.05, 3.63) is 48.0 Å². The summed E-state index contributed by atoms with van der Waals surface area (Å²) in [4.78, 5) is 9.91. The molecule has 1 fully saturated rings. The predicted molar refractivity (Wildman–Crippen MR) is 75.7 cm³/mol. The number of methoxy groups -OCH3 is 1. The van der Waals surface area contributed by atoms with Crippen molar-refractivity contribution in [2.45, 2.75) is 18.6 Å². The van der Waals surface area contributed by atoms with Crippen molar-refractivity contribution >= 4 is 5.95 Å². The second kappa shape index (κ2) is 5.65. The summed E-state index contributed by atoms with van der Waals surface area (Å²) >= 11 is 0. The Morgan fingerprint density at radius 1 is 1.33 bits per heavy atom. The number of anilines is 1. The fourth-order valence-electron chi connectivity index (χ4n) is 2.65. The molecular weight excluding hydrogens is 273 g/mol. The van der Waals surface area contributed by atoms with Crippen molar-refractivity contribution in [3.63, 3.8) is 0 Å². The third-order valence-corrected chi connectivity index (χ3v) is 3.62. The molecule has 0 bridgehead atoms. The van der Waals surface area contributed by atoms with E-state index in [9.17, 15) is 9.50 Å². The Hall–Kier alpha value is -2.21. The van der Waals surface area contributed by atoms with E-state index in [1.54, 1.807) is 7.11 Å². The Morgan fingerprint density at radius 2 is 2.10 bits per heavy atom. The molecule has 1 N–H and O–H groups in total. The smallest absolute Gasteiger partial charge is 0.226 e. The molecule has 1 saturated heterocycles. The van der Waals surface area contributed by atoms with Crippen LogP contribution in [-0.2, 0) is 0 Å². The molecule has 2 atom stereocenters. The normalized spacial score (nSPS) is 21.6. The molecule has 0 spiro atoms. The molecule has 1 aromatic carbocycles. The molecule has 110 valence electrons. The van der Waals surface area contributed by atoms with Crippen LogP contribution in [0.25, 0.3) is 0 Å². The molecule has 0 saturated carbocycles. The Kier molecular flexibility index (Phi) is 3.70. The number of aliphatic hydroxyl groups excluding tert-OH is 1. The first-order valence-corrected chi connectivity index (χ1v) is 6.73. The number of nitrogens with zero attached hydrogens (tertiary/aromatic N) is 3. The summed E-state index contributed by atoms with van der Waals surface area (Å²) in [5.74, 6) is 0.700. The van der Waals surface area contributed by atoms with Gasteiger partial charge in [0.1, 0.15) is 5.75 Å². The predicted octanol–water partition coefficient (Wildman–Crippen LogP) is 1.94. The highest BCUT2D eigenvalue weighted by Gasteiger charge is 2.33. The van der Waals surface area contributed by atoms with Gasteiger partial charge < -0.3 is 14.7 Å². The van der Waals surface area contributed by atoms with Gasteiger partial charge in [-0.3, -0.25) is 0 Å². The van der Waals surface area contributed by atoms with E-state index in [0.717, 1.165) is 23.7 Å². The highest BCUT2D eigenvalue weighted by Crippen LogP contribution is 2.35. The summed E-state index contributed by atoms with van der Waals surface area (Å²) in [7, 11) is 1.61. The molecule has 21 heavy (non-hydrogen) atoms. The molecule has 1 aliphatic rings. The number of aromatic nitrogens is 2. The van der Waals surface area contributed by atoms with Crippen molar-refractivity contribution in [1.82, 2.24) is 9.97 Å². The maximum absolute atomic E-state index is 13.0. The third kappa shape index (κ3) is 2.80. The SMILES string of the molecule is COc1cccc([C@@H]2C[C@H](O)CN2c2ncc(F)cn2)c1. The Morgan fingerprint density at radius 3 is 2.81 bits per heavy atom. The van der Waals surface area contributed by atoms with Gasteiger partial charge in [-0.25, -0.2) is 14.4 Å². The standard InChI is InChI=1S/C15H16FN3O2/c1-21-13-4-2-3-10(5-13)14-6-12(20)9-19(14)15-17-7-11(16)8-18-15/h2-5,7-8,12,14,20H,6,9H2,1H3/t12-,14-/m0/s1. The minimum absolute atomic E-state index is 0.0550. The van der Waals surface area contributed by atoms with Gasteiger partial charge in [-0.2, -0.15) is 0 Å². The summed E-state index contributed by atoms with van der Waals surface area (Å²) < 4.78 is 18.2. The van der Waals surface area contributed by atoms with Crippen LogP contribution in [0.2, 0.25) is 0 Å². The number of hydrogen-bond acceptors (Lipinski definition) is 5. The largest absolute Gasteiger partial charge is 0.497 e. The van der Waals surface area contributed by atoms with Crippen LogP contribution < -0.4 is 9.64 Å². The lowest BCUT2D eigenvalue weighted by Crippen LogP contribution is -2.26.